The van der Waals surface area contributed by atoms with E-state index in [1.54, 1.807) is 13.8 Å². The molecule has 0 aliphatic carbocycles. The van der Waals surface area contributed by atoms with Crippen molar-refractivity contribution in [2.45, 2.75) is 46.2 Å². The van der Waals surface area contributed by atoms with Crippen LogP contribution in [0.2, 0.25) is 0 Å². The van der Waals surface area contributed by atoms with Gasteiger partial charge in [0, 0.05) is 31.7 Å². The number of fused-ring (bicyclic) bond motifs is 1. The molecule has 1 amide bonds. The molecule has 1 aliphatic heterocycles. The van der Waals surface area contributed by atoms with Crippen LogP contribution in [0.4, 0.5) is 16.2 Å². The number of rotatable bonds is 6. The highest BCUT2D eigenvalue weighted by atomic mass is 16.6. The molecule has 1 aromatic heterocycles. The second kappa shape index (κ2) is 9.38. The van der Waals surface area contributed by atoms with Gasteiger partial charge in [-0.25, -0.2) is 9.59 Å². The number of nitrogens with zero attached hydrogens (tertiary/aromatic N) is 5. The van der Waals surface area contributed by atoms with E-state index in [1.807, 2.05) is 6.92 Å². The summed E-state index contributed by atoms with van der Waals surface area (Å²) in [6.07, 6.45) is 0.363. The SMILES string of the molecule is CCOC(=O)N1CCC(n2c(=O)c3cc([N+](=O)[O-])cc([N+](=O)[O-])c3n(CC)c2=O)C(CC)C1. The minimum absolute atomic E-state index is 0.0206. The summed E-state index contributed by atoms with van der Waals surface area (Å²) < 4.78 is 7.19. The Balaban J connectivity index is 2.25. The molecular weight excluding hydrogens is 438 g/mol. The molecule has 33 heavy (non-hydrogen) atoms. The lowest BCUT2D eigenvalue weighted by Gasteiger charge is -2.38. The van der Waals surface area contributed by atoms with Gasteiger partial charge in [-0.15, -0.1) is 0 Å². The highest BCUT2D eigenvalue weighted by Crippen LogP contribution is 2.32. The van der Waals surface area contributed by atoms with Gasteiger partial charge in [0.15, 0.2) is 0 Å². The minimum atomic E-state index is -0.836. The predicted molar refractivity (Wildman–Crippen MR) is 117 cm³/mol. The van der Waals surface area contributed by atoms with Crippen molar-refractivity contribution in [3.05, 3.63) is 53.2 Å². The number of likely N-dealkylation sites (tertiary alicyclic amines) is 1. The van der Waals surface area contributed by atoms with E-state index in [2.05, 4.69) is 0 Å². The number of hydrogen-bond donors (Lipinski definition) is 0. The van der Waals surface area contributed by atoms with Crippen molar-refractivity contribution in [1.29, 1.82) is 0 Å². The monoisotopic (exact) mass is 463 g/mol. The summed E-state index contributed by atoms with van der Waals surface area (Å²) in [5.74, 6) is -0.259. The van der Waals surface area contributed by atoms with Crippen molar-refractivity contribution in [3.63, 3.8) is 0 Å². The number of amides is 1. The number of non-ortho nitro benzene ring substituents is 2. The molecule has 178 valence electrons. The molecular formula is C20H25N5O8. The maximum atomic E-state index is 13.4. The fourth-order valence-electron chi connectivity index (χ4n) is 4.47. The van der Waals surface area contributed by atoms with E-state index in [1.165, 1.54) is 4.90 Å². The van der Waals surface area contributed by atoms with Gasteiger partial charge < -0.3 is 9.64 Å². The molecule has 2 unspecified atom stereocenters. The summed E-state index contributed by atoms with van der Waals surface area (Å²) in [5, 5.41) is 22.7. The summed E-state index contributed by atoms with van der Waals surface area (Å²) in [7, 11) is 0. The normalized spacial score (nSPS) is 18.3. The van der Waals surface area contributed by atoms with Gasteiger partial charge in [0.25, 0.3) is 11.2 Å². The predicted octanol–water partition coefficient (Wildman–Crippen LogP) is 2.43. The molecule has 2 aromatic rings. The number of nitro groups is 2. The molecule has 0 saturated carbocycles. The van der Waals surface area contributed by atoms with Crippen LogP contribution >= 0.6 is 0 Å². The van der Waals surface area contributed by atoms with Gasteiger partial charge in [-0.05, 0) is 32.6 Å². The van der Waals surface area contributed by atoms with Crippen LogP contribution in [0.1, 0.15) is 39.7 Å². The van der Waals surface area contributed by atoms with Crippen LogP contribution in [0.25, 0.3) is 10.9 Å². The van der Waals surface area contributed by atoms with E-state index in [-0.39, 0.29) is 43.1 Å². The molecule has 2 heterocycles. The molecule has 3 rings (SSSR count). The highest BCUT2D eigenvalue weighted by Gasteiger charge is 2.35. The third-order valence-corrected chi connectivity index (χ3v) is 6.03. The maximum Gasteiger partial charge on any atom is 0.409 e. The Morgan fingerprint density at radius 2 is 1.85 bits per heavy atom. The Bertz CT molecular complexity index is 1230. The van der Waals surface area contributed by atoms with Crippen LogP contribution in [0.5, 0.6) is 0 Å². The van der Waals surface area contributed by atoms with E-state index in [0.29, 0.717) is 12.8 Å². The first-order chi connectivity index (χ1) is 15.7. The molecule has 2 atom stereocenters. The summed E-state index contributed by atoms with van der Waals surface area (Å²) >= 11 is 0. The molecule has 0 N–H and O–H groups in total. The largest absolute Gasteiger partial charge is 0.450 e. The Morgan fingerprint density at radius 3 is 2.39 bits per heavy atom. The Kier molecular flexibility index (Phi) is 6.79. The van der Waals surface area contributed by atoms with Crippen LogP contribution in [-0.2, 0) is 11.3 Å². The molecule has 0 radical (unpaired) electrons. The zero-order valence-electron chi connectivity index (χ0n) is 18.6. The first-order valence-electron chi connectivity index (χ1n) is 10.7. The molecule has 13 nitrogen and oxygen atoms in total. The molecule has 1 aromatic carbocycles. The number of carbonyl (C=O) groups excluding carboxylic acids is 1. The molecule has 13 heteroatoms. The van der Waals surface area contributed by atoms with Crippen molar-refractivity contribution < 1.29 is 19.4 Å². The lowest BCUT2D eigenvalue weighted by molar-refractivity contribution is -0.393. The zero-order chi connectivity index (χ0) is 24.4. The van der Waals surface area contributed by atoms with Crippen molar-refractivity contribution in [2.75, 3.05) is 19.7 Å². The maximum absolute atomic E-state index is 13.4. The quantitative estimate of drug-likeness (QED) is 0.466. The molecule has 0 spiro atoms. The van der Waals surface area contributed by atoms with Crippen LogP contribution in [0, 0.1) is 26.1 Å². The van der Waals surface area contributed by atoms with E-state index in [4.69, 9.17) is 4.74 Å². The molecule has 0 bridgehead atoms. The Morgan fingerprint density at radius 1 is 1.15 bits per heavy atom. The van der Waals surface area contributed by atoms with Crippen LogP contribution in [0.3, 0.4) is 0 Å². The Hall–Kier alpha value is -3.77. The fourth-order valence-corrected chi connectivity index (χ4v) is 4.47. The molecule has 1 aliphatic rings. The number of benzene rings is 1. The van der Waals surface area contributed by atoms with Crippen molar-refractivity contribution in [3.8, 4) is 0 Å². The fraction of sp³-hybridized carbons (Fsp3) is 0.550. The smallest absolute Gasteiger partial charge is 0.409 e. The number of ether oxygens (including phenoxy) is 1. The molecule has 1 saturated heterocycles. The van der Waals surface area contributed by atoms with Crippen LogP contribution in [0.15, 0.2) is 21.7 Å². The lowest BCUT2D eigenvalue weighted by atomic mass is 9.89. The second-order valence-electron chi connectivity index (χ2n) is 7.75. The van der Waals surface area contributed by atoms with Gasteiger partial charge >= 0.3 is 17.5 Å². The summed E-state index contributed by atoms with van der Waals surface area (Å²) in [6.45, 7) is 5.93. The highest BCUT2D eigenvalue weighted by molar-refractivity contribution is 5.89. The number of aromatic nitrogens is 2. The van der Waals surface area contributed by atoms with Crippen molar-refractivity contribution in [2.24, 2.45) is 5.92 Å². The van der Waals surface area contributed by atoms with E-state index < -0.39 is 44.6 Å². The molecule has 1 fully saturated rings. The summed E-state index contributed by atoms with van der Waals surface area (Å²) in [5.41, 5.74) is -3.06. The van der Waals surface area contributed by atoms with Crippen LogP contribution < -0.4 is 11.2 Å². The number of aryl methyl sites for hydroxylation is 1. The van der Waals surface area contributed by atoms with Gasteiger partial charge in [-0.3, -0.25) is 34.2 Å². The van der Waals surface area contributed by atoms with Gasteiger partial charge in [0.2, 0.25) is 0 Å². The van der Waals surface area contributed by atoms with Gasteiger partial charge in [-0.1, -0.05) is 6.92 Å². The first kappa shape index (κ1) is 23.9. The van der Waals surface area contributed by atoms with Gasteiger partial charge in [-0.2, -0.15) is 0 Å². The summed E-state index contributed by atoms with van der Waals surface area (Å²) in [6, 6.07) is 1.15. The Labute approximate surface area is 187 Å². The lowest BCUT2D eigenvalue weighted by Crippen LogP contribution is -2.50. The van der Waals surface area contributed by atoms with Gasteiger partial charge in [0.1, 0.15) is 5.52 Å². The van der Waals surface area contributed by atoms with E-state index in [0.717, 1.165) is 21.3 Å². The number of carbonyl (C=O) groups is 1. The third-order valence-electron chi connectivity index (χ3n) is 6.03. The van der Waals surface area contributed by atoms with Crippen LogP contribution in [-0.4, -0.2) is 49.7 Å². The minimum Gasteiger partial charge on any atom is -0.450 e. The van der Waals surface area contributed by atoms with E-state index >= 15 is 0 Å². The van der Waals surface area contributed by atoms with Crippen molar-refractivity contribution >= 4 is 28.4 Å². The first-order valence-corrected chi connectivity index (χ1v) is 10.7. The standard InChI is InChI=1S/C20H25N5O8/c1-4-12-11-21(20(28)33-6-3)8-7-15(12)23-18(26)14-9-13(24(29)30)10-16(25(31)32)17(14)22(5-2)19(23)27/h9-10,12,15H,4-8,11H2,1-3H3. The summed E-state index contributed by atoms with van der Waals surface area (Å²) in [4.78, 5) is 61.8. The average molecular weight is 463 g/mol. The average Bonchev–Trinajstić information content (AvgIpc) is 2.79. The number of hydrogen-bond acceptors (Lipinski definition) is 8. The van der Waals surface area contributed by atoms with Crippen molar-refractivity contribution in [1.82, 2.24) is 14.0 Å². The zero-order valence-corrected chi connectivity index (χ0v) is 18.6. The number of piperidine rings is 1. The second-order valence-corrected chi connectivity index (χ2v) is 7.75. The third kappa shape index (κ3) is 4.17. The van der Waals surface area contributed by atoms with E-state index in [9.17, 15) is 34.6 Å². The topological polar surface area (TPSA) is 160 Å². The van der Waals surface area contributed by atoms with Gasteiger partial charge in [0.05, 0.1) is 27.9 Å². The number of nitro benzene ring substituents is 2.